The van der Waals surface area contributed by atoms with Gasteiger partial charge in [0.25, 0.3) is 5.22 Å². The molecule has 1 N–H and O–H groups in total. The number of hydrogen-bond acceptors (Lipinski definition) is 5. The van der Waals surface area contributed by atoms with Gasteiger partial charge in [-0.1, -0.05) is 51.4 Å². The van der Waals surface area contributed by atoms with Gasteiger partial charge >= 0.3 is 0 Å². The number of nitrogens with one attached hydrogen (secondary N) is 1. The van der Waals surface area contributed by atoms with Crippen molar-refractivity contribution in [3.63, 3.8) is 0 Å². The molecule has 0 aliphatic carbocycles. The van der Waals surface area contributed by atoms with Crippen molar-refractivity contribution in [1.82, 2.24) is 10.2 Å². The molecular weight excluding hydrogens is 414 g/mol. The second kappa shape index (κ2) is 7.83. The van der Waals surface area contributed by atoms with Gasteiger partial charge in [0.1, 0.15) is 0 Å². The van der Waals surface area contributed by atoms with Crippen molar-refractivity contribution < 1.29 is 9.21 Å². The molecule has 1 aromatic heterocycles. The molecule has 0 spiro atoms. The Morgan fingerprint density at radius 1 is 1.17 bits per heavy atom. The van der Waals surface area contributed by atoms with Gasteiger partial charge in [-0.2, -0.15) is 0 Å². The van der Waals surface area contributed by atoms with E-state index in [0.717, 1.165) is 10.0 Å². The summed E-state index contributed by atoms with van der Waals surface area (Å²) in [5.74, 6) is 0.362. The van der Waals surface area contributed by atoms with Gasteiger partial charge in [0.2, 0.25) is 11.8 Å². The number of para-hydroxylation sites is 1. The number of rotatable bonds is 5. The Hall–Kier alpha value is -1.83. The number of carbonyl (C=O) groups is 1. The molecule has 0 saturated carbocycles. The standard InChI is InChI=1S/C16H11BrClN3O2S/c17-11-7-5-10(6-8-11)15-20-21-16(23-15)24-9-14(22)19-13-4-2-1-3-12(13)18/h1-8H,9H2,(H,19,22). The number of aromatic nitrogens is 2. The van der Waals surface area contributed by atoms with Gasteiger partial charge in [-0.25, -0.2) is 0 Å². The maximum absolute atomic E-state index is 12.0. The Bertz CT molecular complexity index is 855. The molecule has 0 radical (unpaired) electrons. The molecule has 0 atom stereocenters. The lowest BCUT2D eigenvalue weighted by Gasteiger charge is -2.05. The van der Waals surface area contributed by atoms with E-state index < -0.39 is 0 Å². The summed E-state index contributed by atoms with van der Waals surface area (Å²) in [5.41, 5.74) is 1.39. The van der Waals surface area contributed by atoms with Crippen LogP contribution in [-0.4, -0.2) is 21.9 Å². The summed E-state index contributed by atoms with van der Waals surface area (Å²) in [6.45, 7) is 0. The van der Waals surface area contributed by atoms with E-state index >= 15 is 0 Å². The van der Waals surface area contributed by atoms with Crippen LogP contribution in [0, 0.1) is 0 Å². The molecule has 1 heterocycles. The Morgan fingerprint density at radius 3 is 2.67 bits per heavy atom. The lowest BCUT2D eigenvalue weighted by molar-refractivity contribution is -0.113. The van der Waals surface area contributed by atoms with Crippen LogP contribution in [0.3, 0.4) is 0 Å². The monoisotopic (exact) mass is 423 g/mol. The fourth-order valence-electron chi connectivity index (χ4n) is 1.85. The Morgan fingerprint density at radius 2 is 1.92 bits per heavy atom. The van der Waals surface area contributed by atoms with Gasteiger partial charge in [0, 0.05) is 10.0 Å². The zero-order valence-corrected chi connectivity index (χ0v) is 15.4. The number of hydrogen-bond donors (Lipinski definition) is 1. The number of halogens is 2. The fourth-order valence-corrected chi connectivity index (χ4v) is 2.86. The minimum absolute atomic E-state index is 0.146. The van der Waals surface area contributed by atoms with Gasteiger partial charge in [-0.15, -0.1) is 10.2 Å². The van der Waals surface area contributed by atoms with Crippen molar-refractivity contribution in [2.45, 2.75) is 5.22 Å². The van der Waals surface area contributed by atoms with Crippen LogP contribution in [0.4, 0.5) is 5.69 Å². The number of anilines is 1. The molecule has 0 aliphatic heterocycles. The van der Waals surface area contributed by atoms with Crippen LogP contribution in [0.5, 0.6) is 0 Å². The summed E-state index contributed by atoms with van der Waals surface area (Å²) in [6, 6.07) is 14.6. The third-order valence-corrected chi connectivity index (χ3v) is 4.65. The predicted molar refractivity (Wildman–Crippen MR) is 98.2 cm³/mol. The number of amides is 1. The molecule has 3 aromatic rings. The van der Waals surface area contributed by atoms with Gasteiger partial charge in [0.05, 0.1) is 16.5 Å². The Labute approximate surface area is 155 Å². The third-order valence-electron chi connectivity index (χ3n) is 2.97. The van der Waals surface area contributed by atoms with Crippen LogP contribution in [0.15, 0.2) is 62.6 Å². The molecular formula is C16H11BrClN3O2S. The number of carbonyl (C=O) groups excluding carboxylic acids is 1. The highest BCUT2D eigenvalue weighted by atomic mass is 79.9. The lowest BCUT2D eigenvalue weighted by Crippen LogP contribution is -2.14. The van der Waals surface area contributed by atoms with Crippen LogP contribution < -0.4 is 5.32 Å². The van der Waals surface area contributed by atoms with Gasteiger partial charge in [0.15, 0.2) is 0 Å². The van der Waals surface area contributed by atoms with Crippen molar-refractivity contribution >= 4 is 50.9 Å². The molecule has 0 aliphatic rings. The van der Waals surface area contributed by atoms with E-state index in [1.54, 1.807) is 24.3 Å². The second-order valence-electron chi connectivity index (χ2n) is 4.70. The minimum Gasteiger partial charge on any atom is -0.411 e. The van der Waals surface area contributed by atoms with E-state index in [-0.39, 0.29) is 11.7 Å². The normalized spacial score (nSPS) is 10.6. The summed E-state index contributed by atoms with van der Waals surface area (Å²) in [7, 11) is 0. The number of thioether (sulfide) groups is 1. The second-order valence-corrected chi connectivity index (χ2v) is 6.95. The van der Waals surface area contributed by atoms with Crippen LogP contribution >= 0.6 is 39.3 Å². The average molecular weight is 425 g/mol. The quantitative estimate of drug-likeness (QED) is 0.591. The summed E-state index contributed by atoms with van der Waals surface area (Å²) in [4.78, 5) is 12.0. The topological polar surface area (TPSA) is 68.0 Å². The van der Waals surface area contributed by atoms with E-state index in [9.17, 15) is 4.79 Å². The minimum atomic E-state index is -0.198. The van der Waals surface area contributed by atoms with E-state index in [0.29, 0.717) is 21.8 Å². The first-order valence-electron chi connectivity index (χ1n) is 6.88. The van der Waals surface area contributed by atoms with Crippen LogP contribution in [0.2, 0.25) is 5.02 Å². The van der Waals surface area contributed by atoms with Crippen LogP contribution in [0.1, 0.15) is 0 Å². The highest BCUT2D eigenvalue weighted by Gasteiger charge is 2.12. The van der Waals surface area contributed by atoms with Crippen molar-refractivity contribution in [1.29, 1.82) is 0 Å². The van der Waals surface area contributed by atoms with E-state index in [2.05, 4.69) is 31.4 Å². The average Bonchev–Trinajstić information content (AvgIpc) is 3.05. The molecule has 122 valence electrons. The highest BCUT2D eigenvalue weighted by molar-refractivity contribution is 9.10. The fraction of sp³-hybridized carbons (Fsp3) is 0.0625. The molecule has 5 nitrogen and oxygen atoms in total. The van der Waals surface area contributed by atoms with E-state index in [4.69, 9.17) is 16.0 Å². The largest absolute Gasteiger partial charge is 0.411 e. The maximum Gasteiger partial charge on any atom is 0.277 e. The van der Waals surface area contributed by atoms with Gasteiger partial charge in [-0.3, -0.25) is 4.79 Å². The molecule has 0 unspecified atom stereocenters. The third kappa shape index (κ3) is 4.37. The summed E-state index contributed by atoms with van der Waals surface area (Å²) in [6.07, 6.45) is 0. The van der Waals surface area contributed by atoms with Gasteiger partial charge in [-0.05, 0) is 36.4 Å². The van der Waals surface area contributed by atoms with E-state index in [1.165, 1.54) is 11.8 Å². The summed E-state index contributed by atoms with van der Waals surface area (Å²) >= 11 is 10.5. The molecule has 8 heteroatoms. The molecule has 2 aromatic carbocycles. The molecule has 0 saturated heterocycles. The Kier molecular flexibility index (Phi) is 5.55. The molecule has 24 heavy (non-hydrogen) atoms. The first kappa shape index (κ1) is 17.0. The molecule has 3 rings (SSSR count). The van der Waals surface area contributed by atoms with Crippen molar-refractivity contribution in [2.24, 2.45) is 0 Å². The van der Waals surface area contributed by atoms with Crippen molar-refractivity contribution in [3.05, 3.63) is 58.0 Å². The smallest absolute Gasteiger partial charge is 0.277 e. The van der Waals surface area contributed by atoms with Crippen LogP contribution in [-0.2, 0) is 4.79 Å². The lowest BCUT2D eigenvalue weighted by atomic mass is 10.2. The summed E-state index contributed by atoms with van der Waals surface area (Å²) in [5, 5.41) is 11.5. The first-order valence-corrected chi connectivity index (χ1v) is 9.04. The van der Waals surface area contributed by atoms with E-state index in [1.807, 2.05) is 24.3 Å². The summed E-state index contributed by atoms with van der Waals surface area (Å²) < 4.78 is 6.52. The van der Waals surface area contributed by atoms with Gasteiger partial charge < -0.3 is 9.73 Å². The Balaban J connectivity index is 1.58. The first-order chi connectivity index (χ1) is 11.6. The van der Waals surface area contributed by atoms with Crippen molar-refractivity contribution in [2.75, 3.05) is 11.1 Å². The van der Waals surface area contributed by atoms with Crippen LogP contribution in [0.25, 0.3) is 11.5 Å². The predicted octanol–water partition coefficient (Wildman–Crippen LogP) is 4.88. The van der Waals surface area contributed by atoms with Crippen molar-refractivity contribution in [3.8, 4) is 11.5 Å². The SMILES string of the molecule is O=C(CSc1nnc(-c2ccc(Br)cc2)o1)Nc1ccccc1Cl. The number of nitrogens with zero attached hydrogens (tertiary/aromatic N) is 2. The zero-order valence-electron chi connectivity index (χ0n) is 12.2. The zero-order chi connectivity index (χ0) is 16.9. The maximum atomic E-state index is 12.0. The number of benzene rings is 2. The molecule has 1 amide bonds. The molecule has 0 bridgehead atoms. The highest BCUT2D eigenvalue weighted by Crippen LogP contribution is 2.25. The molecule has 0 fully saturated rings.